The van der Waals surface area contributed by atoms with Crippen LogP contribution in [0.25, 0.3) is 6.08 Å². The highest BCUT2D eigenvalue weighted by Crippen LogP contribution is 2.52. The molecule has 3 aromatic rings. The minimum atomic E-state index is -0.524. The fraction of sp³-hybridized carbons (Fsp3) is 0.241. The van der Waals surface area contributed by atoms with Crippen LogP contribution in [0.15, 0.2) is 48.2 Å². The lowest BCUT2D eigenvalue weighted by Gasteiger charge is -2.28. The summed E-state index contributed by atoms with van der Waals surface area (Å²) in [7, 11) is 7.69. The highest BCUT2D eigenvalue weighted by atomic mass is 16.5. The van der Waals surface area contributed by atoms with Gasteiger partial charge < -0.3 is 33.2 Å². The molecular weight excluding hydrogens is 492 g/mol. The Morgan fingerprint density at radius 2 is 1.39 bits per heavy atom. The summed E-state index contributed by atoms with van der Waals surface area (Å²) in [6.45, 7) is 0. The topological polar surface area (TPSA) is 98.8 Å². The third kappa shape index (κ3) is 4.15. The summed E-state index contributed by atoms with van der Waals surface area (Å²) in [6.07, 6.45) is 1.65. The van der Waals surface area contributed by atoms with Crippen LogP contribution in [0.2, 0.25) is 0 Å². The maximum absolute atomic E-state index is 13.4. The van der Waals surface area contributed by atoms with Crippen molar-refractivity contribution in [3.05, 3.63) is 70.5 Å². The highest BCUT2D eigenvalue weighted by Gasteiger charge is 2.39. The molecule has 0 aromatic heterocycles. The van der Waals surface area contributed by atoms with Crippen LogP contribution < -0.4 is 33.2 Å². The van der Waals surface area contributed by atoms with Crippen LogP contribution in [-0.2, 0) is 4.79 Å². The van der Waals surface area contributed by atoms with Crippen molar-refractivity contribution < 1.29 is 42.7 Å². The van der Waals surface area contributed by atoms with E-state index in [-0.39, 0.29) is 18.0 Å². The summed E-state index contributed by atoms with van der Waals surface area (Å²) in [6, 6.07) is 12.0. The zero-order valence-electron chi connectivity index (χ0n) is 21.6. The lowest BCUT2D eigenvalue weighted by Crippen LogP contribution is -2.22. The minimum Gasteiger partial charge on any atom is -0.496 e. The van der Waals surface area contributed by atoms with Gasteiger partial charge in [0.25, 0.3) is 0 Å². The van der Waals surface area contributed by atoms with Crippen LogP contribution in [0.5, 0.6) is 40.2 Å². The molecule has 0 bridgehead atoms. The van der Waals surface area contributed by atoms with Gasteiger partial charge in [-0.05, 0) is 42.0 Å². The van der Waals surface area contributed by atoms with Gasteiger partial charge in [-0.15, -0.1) is 0 Å². The van der Waals surface area contributed by atoms with Gasteiger partial charge in [0, 0.05) is 23.1 Å². The first-order chi connectivity index (χ1) is 18.4. The van der Waals surface area contributed by atoms with Gasteiger partial charge in [-0.3, -0.25) is 9.59 Å². The number of carbonyl (C=O) groups excluding carboxylic acids is 2. The fourth-order valence-electron chi connectivity index (χ4n) is 4.79. The number of esters is 1. The Bertz CT molecular complexity index is 1470. The second-order valence-corrected chi connectivity index (χ2v) is 8.59. The Balaban J connectivity index is 1.62. The van der Waals surface area contributed by atoms with Crippen molar-refractivity contribution in [2.45, 2.75) is 12.3 Å². The molecule has 3 aromatic carbocycles. The Morgan fingerprint density at radius 1 is 0.737 bits per heavy atom. The highest BCUT2D eigenvalue weighted by molar-refractivity contribution is 6.15. The number of rotatable bonds is 7. The van der Waals surface area contributed by atoms with E-state index in [1.54, 1.807) is 55.7 Å². The molecule has 0 amide bonds. The van der Waals surface area contributed by atoms with Gasteiger partial charge in [0.1, 0.15) is 17.2 Å². The number of hydrogen-bond acceptors (Lipinski definition) is 9. The number of methoxy groups -OCH3 is 5. The number of ether oxygens (including phenoxy) is 7. The third-order valence-corrected chi connectivity index (χ3v) is 6.60. The summed E-state index contributed by atoms with van der Waals surface area (Å²) < 4.78 is 38.9. The monoisotopic (exact) mass is 518 g/mol. The summed E-state index contributed by atoms with van der Waals surface area (Å²) >= 11 is 0. The molecule has 2 aliphatic rings. The Hall–Kier alpha value is -4.66. The van der Waals surface area contributed by atoms with E-state index < -0.39 is 11.9 Å². The summed E-state index contributed by atoms with van der Waals surface area (Å²) in [4.78, 5) is 26.0. The molecule has 1 atom stereocenters. The molecule has 0 aliphatic carbocycles. The molecule has 0 unspecified atom stereocenters. The van der Waals surface area contributed by atoms with Crippen molar-refractivity contribution in [2.75, 3.05) is 35.5 Å². The third-order valence-electron chi connectivity index (χ3n) is 6.60. The van der Waals surface area contributed by atoms with Crippen LogP contribution in [0, 0.1) is 0 Å². The van der Waals surface area contributed by atoms with Gasteiger partial charge in [-0.1, -0.05) is 6.07 Å². The van der Waals surface area contributed by atoms with Gasteiger partial charge in [0.05, 0.1) is 47.5 Å². The molecule has 196 valence electrons. The minimum absolute atomic E-state index is 0.0154. The van der Waals surface area contributed by atoms with Crippen LogP contribution in [0.4, 0.5) is 0 Å². The van der Waals surface area contributed by atoms with Gasteiger partial charge in [0.15, 0.2) is 28.8 Å². The zero-order chi connectivity index (χ0) is 27.0. The first kappa shape index (κ1) is 25.0. The van der Waals surface area contributed by atoms with E-state index in [0.29, 0.717) is 62.5 Å². The zero-order valence-corrected chi connectivity index (χ0v) is 21.6. The predicted molar refractivity (Wildman–Crippen MR) is 137 cm³/mol. The van der Waals surface area contributed by atoms with Crippen molar-refractivity contribution in [1.29, 1.82) is 0 Å². The molecule has 0 fully saturated rings. The maximum atomic E-state index is 13.4. The fourth-order valence-corrected chi connectivity index (χ4v) is 4.79. The van der Waals surface area contributed by atoms with Crippen molar-refractivity contribution in [1.82, 2.24) is 0 Å². The van der Waals surface area contributed by atoms with E-state index in [0.717, 1.165) is 0 Å². The lowest BCUT2D eigenvalue weighted by atomic mass is 9.84. The second-order valence-electron chi connectivity index (χ2n) is 8.59. The maximum Gasteiger partial charge on any atom is 0.312 e. The number of benzene rings is 3. The number of Topliss-reactive ketones (excluding diaryl/α,β-unsaturated/α-hetero) is 1. The molecule has 9 nitrogen and oxygen atoms in total. The van der Waals surface area contributed by atoms with E-state index >= 15 is 0 Å². The van der Waals surface area contributed by atoms with Crippen molar-refractivity contribution in [3.8, 4) is 40.2 Å². The molecule has 0 saturated carbocycles. The van der Waals surface area contributed by atoms with Crippen molar-refractivity contribution >= 4 is 17.8 Å². The Labute approximate surface area is 219 Å². The van der Waals surface area contributed by atoms with E-state index in [1.165, 1.54) is 28.4 Å². The van der Waals surface area contributed by atoms with E-state index in [2.05, 4.69) is 0 Å². The number of hydrogen-bond donors (Lipinski definition) is 0. The molecule has 2 aliphatic heterocycles. The van der Waals surface area contributed by atoms with Crippen LogP contribution >= 0.6 is 0 Å². The number of fused-ring (bicyclic) bond motifs is 3. The van der Waals surface area contributed by atoms with E-state index in [4.69, 9.17) is 33.2 Å². The number of ketones is 1. The normalized spacial score (nSPS) is 16.8. The average Bonchev–Trinajstić information content (AvgIpc) is 3.26. The van der Waals surface area contributed by atoms with Gasteiger partial charge in [0.2, 0.25) is 5.78 Å². The molecule has 0 radical (unpaired) electrons. The van der Waals surface area contributed by atoms with Crippen LogP contribution in [-0.4, -0.2) is 47.3 Å². The first-order valence-corrected chi connectivity index (χ1v) is 11.8. The summed E-state index contributed by atoms with van der Waals surface area (Å²) in [5.41, 5.74) is 2.32. The standard InChI is InChI=1S/C29H26O9/c1-32-19-8-6-15(10-22(19)34-3)11-25-28(31)16-7-9-20-27(29(16)38-25)18(13-26(30)37-20)17-12-23(35-4)24(36-5)14-21(17)33-2/h6-12,14,18H,13H2,1-5H3/b25-11-/t18-/m0/s1. The van der Waals surface area contributed by atoms with E-state index in [1.807, 2.05) is 0 Å². The molecule has 0 saturated heterocycles. The van der Waals surface area contributed by atoms with Crippen LogP contribution in [0.1, 0.15) is 39.4 Å². The number of carbonyl (C=O) groups is 2. The van der Waals surface area contributed by atoms with Crippen molar-refractivity contribution in [2.24, 2.45) is 0 Å². The lowest BCUT2D eigenvalue weighted by molar-refractivity contribution is -0.135. The molecule has 0 N–H and O–H groups in total. The number of allylic oxidation sites excluding steroid dienone is 1. The van der Waals surface area contributed by atoms with Gasteiger partial charge in [-0.2, -0.15) is 0 Å². The predicted octanol–water partition coefficient (Wildman–Crippen LogP) is 4.79. The van der Waals surface area contributed by atoms with Gasteiger partial charge in [-0.25, -0.2) is 0 Å². The Kier molecular flexibility index (Phi) is 6.59. The summed E-state index contributed by atoms with van der Waals surface area (Å²) in [5.74, 6) is 2.12. The SMILES string of the molecule is COc1ccc(/C=C2\Oc3c(ccc4c3[C@H](c3cc(OC)c(OC)cc3OC)CC(=O)O4)C2=O)cc1OC. The molecular formula is C29H26O9. The van der Waals surface area contributed by atoms with Gasteiger partial charge >= 0.3 is 5.97 Å². The van der Waals surface area contributed by atoms with Crippen molar-refractivity contribution in [3.63, 3.8) is 0 Å². The quantitative estimate of drug-likeness (QED) is 0.248. The Morgan fingerprint density at radius 3 is 2.08 bits per heavy atom. The smallest absolute Gasteiger partial charge is 0.312 e. The van der Waals surface area contributed by atoms with Crippen LogP contribution in [0.3, 0.4) is 0 Å². The first-order valence-electron chi connectivity index (χ1n) is 11.8. The molecule has 5 rings (SSSR count). The van der Waals surface area contributed by atoms with E-state index in [9.17, 15) is 9.59 Å². The largest absolute Gasteiger partial charge is 0.496 e. The molecule has 0 spiro atoms. The summed E-state index contributed by atoms with van der Waals surface area (Å²) in [5, 5.41) is 0. The molecule has 38 heavy (non-hydrogen) atoms. The second kappa shape index (κ2) is 10.0. The molecule has 9 heteroatoms. The molecule has 2 heterocycles. The average molecular weight is 519 g/mol.